The van der Waals surface area contributed by atoms with Crippen LogP contribution in [-0.2, 0) is 0 Å². The number of halogens is 1. The Morgan fingerprint density at radius 2 is 1.71 bits per heavy atom. The SMILES string of the molecule is CC(O)c1ccc(Sc2ccc3ccccc3c2)c(Br)c1. The minimum Gasteiger partial charge on any atom is -0.389 e. The van der Waals surface area contributed by atoms with Crippen LogP contribution >= 0.6 is 27.7 Å². The summed E-state index contributed by atoms with van der Waals surface area (Å²) in [6.07, 6.45) is -0.444. The molecule has 3 aromatic carbocycles. The monoisotopic (exact) mass is 358 g/mol. The van der Waals surface area contributed by atoms with Crippen molar-refractivity contribution in [1.82, 2.24) is 0 Å². The molecule has 21 heavy (non-hydrogen) atoms. The molecule has 1 nitrogen and oxygen atoms in total. The van der Waals surface area contributed by atoms with Gasteiger partial charge >= 0.3 is 0 Å². The highest BCUT2D eigenvalue weighted by molar-refractivity contribution is 9.10. The van der Waals surface area contributed by atoms with Crippen LogP contribution in [0.4, 0.5) is 0 Å². The van der Waals surface area contributed by atoms with Gasteiger partial charge in [-0.15, -0.1) is 0 Å². The maximum atomic E-state index is 9.62. The van der Waals surface area contributed by atoms with Crippen molar-refractivity contribution < 1.29 is 5.11 Å². The summed E-state index contributed by atoms with van der Waals surface area (Å²) >= 11 is 5.31. The van der Waals surface area contributed by atoms with Gasteiger partial charge in [-0.3, -0.25) is 0 Å². The zero-order valence-corrected chi connectivity index (χ0v) is 14.0. The van der Waals surface area contributed by atoms with Gasteiger partial charge in [-0.25, -0.2) is 0 Å². The summed E-state index contributed by atoms with van der Waals surface area (Å²) in [7, 11) is 0. The van der Waals surface area contributed by atoms with Gasteiger partial charge in [0.25, 0.3) is 0 Å². The molecule has 0 bridgehead atoms. The van der Waals surface area contributed by atoms with E-state index in [2.05, 4.69) is 58.4 Å². The van der Waals surface area contributed by atoms with E-state index >= 15 is 0 Å². The van der Waals surface area contributed by atoms with Gasteiger partial charge in [0.05, 0.1) is 6.10 Å². The van der Waals surface area contributed by atoms with Gasteiger partial charge in [-0.05, 0) is 63.5 Å². The summed E-state index contributed by atoms with van der Waals surface area (Å²) in [4.78, 5) is 2.36. The molecule has 0 aliphatic rings. The second kappa shape index (κ2) is 6.22. The lowest BCUT2D eigenvalue weighted by Crippen LogP contribution is -1.90. The molecule has 0 spiro atoms. The number of aliphatic hydroxyl groups excluding tert-OH is 1. The highest BCUT2D eigenvalue weighted by Gasteiger charge is 2.07. The molecular weight excluding hydrogens is 344 g/mol. The first-order valence-electron chi connectivity index (χ1n) is 6.77. The smallest absolute Gasteiger partial charge is 0.0762 e. The van der Waals surface area contributed by atoms with Gasteiger partial charge in [0.15, 0.2) is 0 Å². The fraction of sp³-hybridized carbons (Fsp3) is 0.111. The van der Waals surface area contributed by atoms with Crippen LogP contribution in [0.15, 0.2) is 74.9 Å². The Balaban J connectivity index is 1.91. The highest BCUT2D eigenvalue weighted by Crippen LogP contribution is 2.36. The fourth-order valence-corrected chi connectivity index (χ4v) is 3.73. The van der Waals surface area contributed by atoms with E-state index in [4.69, 9.17) is 0 Å². The van der Waals surface area contributed by atoms with Crippen molar-refractivity contribution in [1.29, 1.82) is 0 Å². The second-order valence-electron chi connectivity index (χ2n) is 4.98. The summed E-state index contributed by atoms with van der Waals surface area (Å²) < 4.78 is 1.01. The second-order valence-corrected chi connectivity index (χ2v) is 6.95. The van der Waals surface area contributed by atoms with Crippen LogP contribution in [0.1, 0.15) is 18.6 Å². The third-order valence-corrected chi connectivity index (χ3v) is 5.37. The summed E-state index contributed by atoms with van der Waals surface area (Å²) in [5.41, 5.74) is 0.921. The van der Waals surface area contributed by atoms with E-state index in [-0.39, 0.29) is 0 Å². The van der Waals surface area contributed by atoms with E-state index in [0.717, 1.165) is 14.9 Å². The maximum Gasteiger partial charge on any atom is 0.0762 e. The highest BCUT2D eigenvalue weighted by atomic mass is 79.9. The van der Waals surface area contributed by atoms with Crippen molar-refractivity contribution in [2.45, 2.75) is 22.8 Å². The molecule has 0 amide bonds. The molecule has 0 aromatic heterocycles. The predicted molar refractivity (Wildman–Crippen MR) is 92.8 cm³/mol. The average Bonchev–Trinajstić information content (AvgIpc) is 2.49. The molecule has 0 radical (unpaired) electrons. The zero-order chi connectivity index (χ0) is 14.8. The molecule has 3 heteroatoms. The summed E-state index contributed by atoms with van der Waals surface area (Å²) in [6, 6.07) is 20.9. The van der Waals surface area contributed by atoms with Crippen LogP contribution in [0, 0.1) is 0 Å². The van der Waals surface area contributed by atoms with Gasteiger partial charge in [0, 0.05) is 14.3 Å². The fourth-order valence-electron chi connectivity index (χ4n) is 2.22. The van der Waals surface area contributed by atoms with Crippen molar-refractivity contribution in [3.63, 3.8) is 0 Å². The summed E-state index contributed by atoms with van der Waals surface area (Å²) in [6.45, 7) is 1.78. The van der Waals surface area contributed by atoms with Crippen LogP contribution in [-0.4, -0.2) is 5.11 Å². The Hall–Kier alpha value is -1.29. The van der Waals surface area contributed by atoms with Crippen molar-refractivity contribution in [3.8, 4) is 0 Å². The van der Waals surface area contributed by atoms with Gasteiger partial charge < -0.3 is 5.11 Å². The van der Waals surface area contributed by atoms with Gasteiger partial charge in [0.2, 0.25) is 0 Å². The van der Waals surface area contributed by atoms with Crippen molar-refractivity contribution in [2.75, 3.05) is 0 Å². The number of benzene rings is 3. The Morgan fingerprint density at radius 1 is 0.952 bits per heavy atom. The molecular formula is C18H15BrOS. The number of fused-ring (bicyclic) bond motifs is 1. The minimum atomic E-state index is -0.444. The summed E-state index contributed by atoms with van der Waals surface area (Å²) in [5, 5.41) is 12.1. The zero-order valence-electron chi connectivity index (χ0n) is 11.6. The Morgan fingerprint density at radius 3 is 2.43 bits per heavy atom. The van der Waals surface area contributed by atoms with E-state index in [1.54, 1.807) is 18.7 Å². The van der Waals surface area contributed by atoms with Crippen molar-refractivity contribution >= 4 is 38.5 Å². The third kappa shape index (κ3) is 3.31. The van der Waals surface area contributed by atoms with E-state index in [0.29, 0.717) is 0 Å². The van der Waals surface area contributed by atoms with Gasteiger partial charge in [0.1, 0.15) is 0 Å². The van der Waals surface area contributed by atoms with E-state index in [1.807, 2.05) is 18.2 Å². The number of aliphatic hydroxyl groups is 1. The van der Waals surface area contributed by atoms with Crippen LogP contribution in [0.2, 0.25) is 0 Å². The lowest BCUT2D eigenvalue weighted by molar-refractivity contribution is 0.199. The van der Waals surface area contributed by atoms with Gasteiger partial charge in [-0.1, -0.05) is 48.2 Å². The normalized spacial score (nSPS) is 12.5. The molecule has 3 rings (SSSR count). The molecule has 0 aliphatic heterocycles. The van der Waals surface area contributed by atoms with Crippen molar-refractivity contribution in [2.24, 2.45) is 0 Å². The largest absolute Gasteiger partial charge is 0.389 e. The minimum absolute atomic E-state index is 0.444. The average molecular weight is 359 g/mol. The Labute approximate surface area is 137 Å². The maximum absolute atomic E-state index is 9.62. The van der Waals surface area contributed by atoms with Gasteiger partial charge in [-0.2, -0.15) is 0 Å². The molecule has 1 atom stereocenters. The lowest BCUT2D eigenvalue weighted by atomic mass is 10.1. The first kappa shape index (κ1) is 14.6. The molecule has 0 heterocycles. The molecule has 106 valence electrons. The molecule has 1 unspecified atom stereocenters. The molecule has 3 aromatic rings. The first-order chi connectivity index (χ1) is 10.1. The molecule has 0 saturated carbocycles. The Kier molecular flexibility index (Phi) is 4.34. The standard InChI is InChI=1S/C18H15BrOS/c1-12(20)14-7-9-18(17(19)11-14)21-16-8-6-13-4-2-3-5-15(13)10-16/h2-12,20H,1H3. The van der Waals surface area contributed by atoms with Crippen LogP contribution in [0.3, 0.4) is 0 Å². The topological polar surface area (TPSA) is 20.2 Å². The van der Waals surface area contributed by atoms with Crippen LogP contribution < -0.4 is 0 Å². The number of rotatable bonds is 3. The molecule has 0 fully saturated rings. The summed E-state index contributed by atoms with van der Waals surface area (Å²) in [5.74, 6) is 0. The van der Waals surface area contributed by atoms with E-state index in [1.165, 1.54) is 15.7 Å². The lowest BCUT2D eigenvalue weighted by Gasteiger charge is -2.09. The molecule has 0 saturated heterocycles. The first-order valence-corrected chi connectivity index (χ1v) is 8.38. The van der Waals surface area contributed by atoms with Crippen LogP contribution in [0.25, 0.3) is 10.8 Å². The predicted octanol–water partition coefficient (Wildman–Crippen LogP) is 5.81. The molecule has 1 N–H and O–H groups in total. The van der Waals surface area contributed by atoms with Crippen molar-refractivity contribution in [3.05, 3.63) is 70.7 Å². The third-order valence-electron chi connectivity index (χ3n) is 3.39. The number of hydrogen-bond acceptors (Lipinski definition) is 2. The quantitative estimate of drug-likeness (QED) is 0.637. The van der Waals surface area contributed by atoms with E-state index < -0.39 is 6.10 Å². The Bertz CT molecular complexity index is 783. The van der Waals surface area contributed by atoms with Crippen LogP contribution in [0.5, 0.6) is 0 Å². The number of hydrogen-bond donors (Lipinski definition) is 1. The molecule has 0 aliphatic carbocycles. The van der Waals surface area contributed by atoms with E-state index in [9.17, 15) is 5.11 Å².